The summed E-state index contributed by atoms with van der Waals surface area (Å²) in [5, 5.41) is 5.81. The van der Waals surface area contributed by atoms with Crippen molar-refractivity contribution in [2.75, 3.05) is 13.1 Å². The van der Waals surface area contributed by atoms with Crippen molar-refractivity contribution in [2.45, 2.75) is 32.0 Å². The third-order valence-corrected chi connectivity index (χ3v) is 4.51. The average Bonchev–Trinajstić information content (AvgIpc) is 2.63. The number of halogens is 1. The maximum Gasteiger partial charge on any atom is 0.315 e. The first-order valence-electron chi connectivity index (χ1n) is 8.74. The molecule has 0 bridgehead atoms. The third-order valence-electron chi connectivity index (χ3n) is 4.51. The highest BCUT2D eigenvalue weighted by molar-refractivity contribution is 5.74. The Hall–Kier alpha value is -2.40. The van der Waals surface area contributed by atoms with Crippen LogP contribution in [-0.4, -0.2) is 30.1 Å². The van der Waals surface area contributed by atoms with Gasteiger partial charge < -0.3 is 10.6 Å². The number of rotatable bonds is 5. The molecule has 0 aliphatic carbocycles. The number of carbonyl (C=O) groups is 1. The minimum atomic E-state index is -0.287. The molecule has 1 aliphatic heterocycles. The predicted molar refractivity (Wildman–Crippen MR) is 96.5 cm³/mol. The Balaban J connectivity index is 1.37. The number of nitrogens with one attached hydrogen (secondary N) is 2. The molecule has 2 amide bonds. The van der Waals surface area contributed by atoms with Crippen molar-refractivity contribution in [1.82, 2.24) is 15.5 Å². The maximum absolute atomic E-state index is 13.1. The van der Waals surface area contributed by atoms with Crippen LogP contribution in [0.25, 0.3) is 0 Å². The molecule has 1 aliphatic rings. The fourth-order valence-electron chi connectivity index (χ4n) is 3.14. The number of piperidine rings is 1. The van der Waals surface area contributed by atoms with Gasteiger partial charge in [0.15, 0.2) is 0 Å². The number of nitrogens with zero attached hydrogens (tertiary/aromatic N) is 1. The van der Waals surface area contributed by atoms with E-state index < -0.39 is 0 Å². The molecule has 25 heavy (non-hydrogen) atoms. The summed E-state index contributed by atoms with van der Waals surface area (Å²) in [5.41, 5.74) is 2.08. The standard InChI is InChI=1S/C20H24FN3O/c21-18-8-4-7-17(13-18)14-22-20(25)23-19-9-11-24(12-10-19)15-16-5-2-1-3-6-16/h1-8,13,19H,9-12,14-15H2,(H2,22,23,25). The highest BCUT2D eigenvalue weighted by atomic mass is 19.1. The molecule has 1 fully saturated rings. The van der Waals surface area contributed by atoms with E-state index in [1.54, 1.807) is 12.1 Å². The number of amides is 2. The van der Waals surface area contributed by atoms with Gasteiger partial charge in [-0.05, 0) is 36.1 Å². The summed E-state index contributed by atoms with van der Waals surface area (Å²) in [5.74, 6) is -0.287. The quantitative estimate of drug-likeness (QED) is 0.876. The summed E-state index contributed by atoms with van der Waals surface area (Å²) in [4.78, 5) is 14.4. The summed E-state index contributed by atoms with van der Waals surface area (Å²) in [6.07, 6.45) is 1.89. The van der Waals surface area contributed by atoms with Gasteiger partial charge in [0, 0.05) is 32.2 Å². The van der Waals surface area contributed by atoms with Crippen LogP contribution in [0, 0.1) is 5.82 Å². The minimum Gasteiger partial charge on any atom is -0.335 e. The molecule has 2 N–H and O–H groups in total. The molecule has 0 atom stereocenters. The summed E-state index contributed by atoms with van der Waals surface area (Å²) >= 11 is 0. The highest BCUT2D eigenvalue weighted by Gasteiger charge is 2.20. The van der Waals surface area contributed by atoms with Crippen LogP contribution in [0.4, 0.5) is 9.18 Å². The number of hydrogen-bond donors (Lipinski definition) is 2. The number of carbonyl (C=O) groups excluding carboxylic acids is 1. The van der Waals surface area contributed by atoms with E-state index in [1.165, 1.54) is 17.7 Å². The molecule has 0 radical (unpaired) electrons. The van der Waals surface area contributed by atoms with Crippen molar-refractivity contribution in [3.63, 3.8) is 0 Å². The summed E-state index contributed by atoms with van der Waals surface area (Å²) in [6, 6.07) is 16.7. The van der Waals surface area contributed by atoms with E-state index in [1.807, 2.05) is 6.07 Å². The zero-order valence-electron chi connectivity index (χ0n) is 14.2. The van der Waals surface area contributed by atoms with Crippen LogP contribution in [0.5, 0.6) is 0 Å². The van der Waals surface area contributed by atoms with E-state index in [9.17, 15) is 9.18 Å². The Morgan fingerprint density at radius 1 is 1.04 bits per heavy atom. The summed E-state index contributed by atoms with van der Waals surface area (Å²) in [6.45, 7) is 3.24. The normalized spacial score (nSPS) is 15.7. The van der Waals surface area contributed by atoms with Crippen molar-refractivity contribution in [1.29, 1.82) is 0 Å². The zero-order valence-corrected chi connectivity index (χ0v) is 14.2. The minimum absolute atomic E-state index is 0.189. The molecule has 132 valence electrons. The molecular weight excluding hydrogens is 317 g/mol. The van der Waals surface area contributed by atoms with Gasteiger partial charge in [0.05, 0.1) is 0 Å². The zero-order chi connectivity index (χ0) is 17.5. The van der Waals surface area contributed by atoms with Crippen LogP contribution < -0.4 is 10.6 Å². The van der Waals surface area contributed by atoms with Crippen molar-refractivity contribution >= 4 is 6.03 Å². The first-order chi connectivity index (χ1) is 12.2. The fourth-order valence-corrected chi connectivity index (χ4v) is 3.14. The Labute approximate surface area is 148 Å². The lowest BCUT2D eigenvalue weighted by atomic mass is 10.0. The Morgan fingerprint density at radius 2 is 1.76 bits per heavy atom. The van der Waals surface area contributed by atoms with E-state index in [0.29, 0.717) is 6.54 Å². The molecule has 0 aromatic heterocycles. The maximum atomic E-state index is 13.1. The summed E-state index contributed by atoms with van der Waals surface area (Å²) in [7, 11) is 0. The van der Waals surface area contributed by atoms with E-state index >= 15 is 0 Å². The first-order valence-corrected chi connectivity index (χ1v) is 8.74. The smallest absolute Gasteiger partial charge is 0.315 e. The molecule has 3 rings (SSSR count). The van der Waals surface area contributed by atoms with Gasteiger partial charge in [0.1, 0.15) is 5.82 Å². The largest absolute Gasteiger partial charge is 0.335 e. The van der Waals surface area contributed by atoms with Crippen LogP contribution in [0.3, 0.4) is 0 Å². The van der Waals surface area contributed by atoms with Crippen molar-refractivity contribution < 1.29 is 9.18 Å². The topological polar surface area (TPSA) is 44.4 Å². The van der Waals surface area contributed by atoms with Crippen molar-refractivity contribution in [2.24, 2.45) is 0 Å². The molecular formula is C20H24FN3O. The van der Waals surface area contributed by atoms with Gasteiger partial charge in [-0.2, -0.15) is 0 Å². The number of likely N-dealkylation sites (tertiary alicyclic amines) is 1. The molecule has 4 nitrogen and oxygen atoms in total. The van der Waals surface area contributed by atoms with Gasteiger partial charge in [-0.25, -0.2) is 9.18 Å². The molecule has 1 saturated heterocycles. The molecule has 1 heterocycles. The van der Waals surface area contributed by atoms with Crippen molar-refractivity contribution in [3.05, 3.63) is 71.5 Å². The molecule has 0 saturated carbocycles. The number of benzene rings is 2. The lowest BCUT2D eigenvalue weighted by Crippen LogP contribution is -2.47. The van der Waals surface area contributed by atoms with Crippen LogP contribution in [0.15, 0.2) is 54.6 Å². The SMILES string of the molecule is O=C(NCc1cccc(F)c1)NC1CCN(Cc2ccccc2)CC1. The van der Waals surface area contributed by atoms with Gasteiger partial charge >= 0.3 is 6.03 Å². The third kappa shape index (κ3) is 5.57. The molecule has 5 heteroatoms. The second-order valence-corrected chi connectivity index (χ2v) is 6.49. The monoisotopic (exact) mass is 341 g/mol. The van der Waals surface area contributed by atoms with Gasteiger partial charge in [0.2, 0.25) is 0 Å². The lowest BCUT2D eigenvalue weighted by molar-refractivity contribution is 0.186. The van der Waals surface area contributed by atoms with Crippen LogP contribution in [-0.2, 0) is 13.1 Å². The number of urea groups is 1. The van der Waals surface area contributed by atoms with E-state index in [2.05, 4.69) is 39.8 Å². The van der Waals surface area contributed by atoms with Crippen LogP contribution in [0.1, 0.15) is 24.0 Å². The fraction of sp³-hybridized carbons (Fsp3) is 0.350. The van der Waals surface area contributed by atoms with Gasteiger partial charge in [0.25, 0.3) is 0 Å². The number of hydrogen-bond acceptors (Lipinski definition) is 2. The summed E-state index contributed by atoms with van der Waals surface area (Å²) < 4.78 is 13.1. The van der Waals surface area contributed by atoms with Gasteiger partial charge in [-0.15, -0.1) is 0 Å². The average molecular weight is 341 g/mol. The van der Waals surface area contributed by atoms with Gasteiger partial charge in [-0.3, -0.25) is 4.90 Å². The first kappa shape index (κ1) is 17.4. The predicted octanol–water partition coefficient (Wildman–Crippen LogP) is 3.29. The molecule has 2 aromatic rings. The van der Waals surface area contributed by atoms with Crippen molar-refractivity contribution in [3.8, 4) is 0 Å². The van der Waals surface area contributed by atoms with Gasteiger partial charge in [-0.1, -0.05) is 42.5 Å². The Kier molecular flexibility index (Phi) is 6.01. The molecule has 0 unspecified atom stereocenters. The van der Waals surface area contributed by atoms with E-state index in [4.69, 9.17) is 0 Å². The van der Waals surface area contributed by atoms with E-state index in [0.717, 1.165) is 38.0 Å². The second-order valence-electron chi connectivity index (χ2n) is 6.49. The second kappa shape index (κ2) is 8.62. The molecule has 2 aromatic carbocycles. The Bertz CT molecular complexity index is 684. The highest BCUT2D eigenvalue weighted by Crippen LogP contribution is 2.13. The van der Waals surface area contributed by atoms with Crippen LogP contribution >= 0.6 is 0 Å². The van der Waals surface area contributed by atoms with E-state index in [-0.39, 0.29) is 17.9 Å². The molecule has 0 spiro atoms. The Morgan fingerprint density at radius 3 is 2.48 bits per heavy atom. The lowest BCUT2D eigenvalue weighted by Gasteiger charge is -2.32. The van der Waals surface area contributed by atoms with Crippen LogP contribution in [0.2, 0.25) is 0 Å².